The lowest BCUT2D eigenvalue weighted by molar-refractivity contribution is 0.107. The van der Waals surface area contributed by atoms with Gasteiger partial charge in [0.2, 0.25) is 0 Å². The van der Waals surface area contributed by atoms with Crippen molar-refractivity contribution < 1.29 is 14.6 Å². The third-order valence-corrected chi connectivity index (χ3v) is 2.63. The van der Waals surface area contributed by atoms with E-state index >= 15 is 0 Å². The molecule has 0 aromatic heterocycles. The number of ether oxygens (including phenoxy) is 2. The summed E-state index contributed by atoms with van der Waals surface area (Å²) >= 11 is 0. The van der Waals surface area contributed by atoms with Crippen molar-refractivity contribution in [2.45, 2.75) is 32.0 Å². The molecule has 3 atom stereocenters. The van der Waals surface area contributed by atoms with Crippen LogP contribution in [-0.2, 0) is 9.47 Å². The molecular formula is C10H21NO3. The van der Waals surface area contributed by atoms with Crippen LogP contribution >= 0.6 is 0 Å². The zero-order chi connectivity index (χ0) is 10.6. The van der Waals surface area contributed by atoms with E-state index in [0.29, 0.717) is 25.7 Å². The largest absolute Gasteiger partial charge is 0.389 e. The van der Waals surface area contributed by atoms with Gasteiger partial charge in [0.1, 0.15) is 0 Å². The number of rotatable bonds is 5. The molecule has 1 fully saturated rings. The molecule has 14 heavy (non-hydrogen) atoms. The minimum absolute atomic E-state index is 0.0533. The molecule has 0 amide bonds. The van der Waals surface area contributed by atoms with Crippen LogP contribution < -0.4 is 5.32 Å². The fraction of sp³-hybridized carbons (Fsp3) is 1.00. The van der Waals surface area contributed by atoms with Gasteiger partial charge in [-0.3, -0.25) is 0 Å². The Balaban J connectivity index is 2.37. The molecule has 4 heteroatoms. The fourth-order valence-electron chi connectivity index (χ4n) is 1.59. The Morgan fingerprint density at radius 1 is 1.50 bits per heavy atom. The van der Waals surface area contributed by atoms with Gasteiger partial charge in [0.25, 0.3) is 0 Å². The fourth-order valence-corrected chi connectivity index (χ4v) is 1.59. The van der Waals surface area contributed by atoms with Crippen molar-refractivity contribution in [2.75, 3.05) is 26.9 Å². The van der Waals surface area contributed by atoms with Gasteiger partial charge in [-0.15, -0.1) is 0 Å². The van der Waals surface area contributed by atoms with E-state index in [1.54, 1.807) is 7.11 Å². The number of aliphatic hydroxyl groups is 1. The summed E-state index contributed by atoms with van der Waals surface area (Å²) in [5.41, 5.74) is 0. The Kier molecular flexibility index (Phi) is 4.81. The average molecular weight is 203 g/mol. The van der Waals surface area contributed by atoms with Crippen LogP contribution in [0.4, 0.5) is 0 Å². The Labute approximate surface area is 85.6 Å². The molecule has 0 saturated carbocycles. The third-order valence-electron chi connectivity index (χ3n) is 2.63. The molecule has 0 aromatic carbocycles. The third kappa shape index (κ3) is 3.20. The topological polar surface area (TPSA) is 50.7 Å². The quantitative estimate of drug-likeness (QED) is 0.661. The number of aliphatic hydroxyl groups excluding tert-OH is 1. The average Bonchev–Trinajstić information content (AvgIpc) is 2.51. The summed E-state index contributed by atoms with van der Waals surface area (Å²) in [7, 11) is 1.69. The molecule has 1 rings (SSSR count). The highest BCUT2D eigenvalue weighted by atomic mass is 16.5. The van der Waals surface area contributed by atoms with Gasteiger partial charge in [-0.2, -0.15) is 0 Å². The summed E-state index contributed by atoms with van der Waals surface area (Å²) in [5.74, 6) is 0.489. The van der Waals surface area contributed by atoms with Crippen LogP contribution in [0.15, 0.2) is 0 Å². The number of hydrogen-bond acceptors (Lipinski definition) is 4. The first-order valence-corrected chi connectivity index (χ1v) is 5.16. The maximum atomic E-state index is 9.56. The van der Waals surface area contributed by atoms with E-state index in [1.807, 2.05) is 0 Å². The van der Waals surface area contributed by atoms with E-state index in [2.05, 4.69) is 19.2 Å². The van der Waals surface area contributed by atoms with Crippen LogP contribution in [-0.4, -0.2) is 50.2 Å². The second kappa shape index (κ2) is 5.66. The standard InChI is InChI=1S/C10H21NO3/c1-7(2)8(4-13-3)11-9-5-14-6-10(9)12/h7-12H,4-6H2,1-3H3. The highest BCUT2D eigenvalue weighted by molar-refractivity contribution is 4.85. The maximum Gasteiger partial charge on any atom is 0.0948 e. The maximum absolute atomic E-state index is 9.56. The highest BCUT2D eigenvalue weighted by Crippen LogP contribution is 2.09. The van der Waals surface area contributed by atoms with Crippen LogP contribution in [0.1, 0.15) is 13.8 Å². The minimum atomic E-state index is -0.381. The molecule has 0 radical (unpaired) electrons. The zero-order valence-corrected chi connectivity index (χ0v) is 9.19. The molecule has 0 bridgehead atoms. The Hall–Kier alpha value is -0.160. The van der Waals surface area contributed by atoms with E-state index in [-0.39, 0.29) is 18.2 Å². The smallest absolute Gasteiger partial charge is 0.0948 e. The van der Waals surface area contributed by atoms with Crippen LogP contribution in [0.3, 0.4) is 0 Å². The van der Waals surface area contributed by atoms with E-state index in [1.165, 1.54) is 0 Å². The van der Waals surface area contributed by atoms with Gasteiger partial charge >= 0.3 is 0 Å². The molecule has 0 spiro atoms. The minimum Gasteiger partial charge on any atom is -0.389 e. The van der Waals surface area contributed by atoms with Crippen molar-refractivity contribution in [1.82, 2.24) is 5.32 Å². The SMILES string of the molecule is COCC(NC1COCC1O)C(C)C. The first kappa shape index (κ1) is 11.9. The summed E-state index contributed by atoms with van der Waals surface area (Å²) in [6.07, 6.45) is -0.381. The zero-order valence-electron chi connectivity index (χ0n) is 9.19. The van der Waals surface area contributed by atoms with Crippen molar-refractivity contribution in [3.63, 3.8) is 0 Å². The summed E-state index contributed by atoms with van der Waals surface area (Å²) in [5, 5.41) is 12.9. The van der Waals surface area contributed by atoms with Gasteiger partial charge in [-0.25, -0.2) is 0 Å². The van der Waals surface area contributed by atoms with Gasteiger partial charge in [0.15, 0.2) is 0 Å². The van der Waals surface area contributed by atoms with Crippen LogP contribution in [0, 0.1) is 5.92 Å². The van der Waals surface area contributed by atoms with E-state index in [0.717, 1.165) is 0 Å². The number of methoxy groups -OCH3 is 1. The van der Waals surface area contributed by atoms with Crippen molar-refractivity contribution >= 4 is 0 Å². The Bertz CT molecular complexity index is 163. The molecule has 1 saturated heterocycles. The lowest BCUT2D eigenvalue weighted by Gasteiger charge is -2.26. The predicted octanol–water partition coefficient (Wildman–Crippen LogP) is 0.00670. The molecule has 1 heterocycles. The van der Waals surface area contributed by atoms with Gasteiger partial charge in [-0.1, -0.05) is 13.8 Å². The predicted molar refractivity (Wildman–Crippen MR) is 54.3 cm³/mol. The van der Waals surface area contributed by atoms with Gasteiger partial charge in [-0.05, 0) is 5.92 Å². The van der Waals surface area contributed by atoms with Crippen LogP contribution in [0.2, 0.25) is 0 Å². The normalized spacial score (nSPS) is 29.8. The summed E-state index contributed by atoms with van der Waals surface area (Å²) < 4.78 is 10.3. The Morgan fingerprint density at radius 2 is 2.21 bits per heavy atom. The molecule has 0 aromatic rings. The molecule has 4 nitrogen and oxygen atoms in total. The van der Waals surface area contributed by atoms with Crippen molar-refractivity contribution in [1.29, 1.82) is 0 Å². The molecule has 3 unspecified atom stereocenters. The second-order valence-electron chi connectivity index (χ2n) is 4.18. The molecule has 84 valence electrons. The van der Waals surface area contributed by atoms with Gasteiger partial charge in [0, 0.05) is 13.2 Å². The van der Waals surface area contributed by atoms with E-state index in [4.69, 9.17) is 9.47 Å². The first-order valence-electron chi connectivity index (χ1n) is 5.16. The highest BCUT2D eigenvalue weighted by Gasteiger charge is 2.28. The lowest BCUT2D eigenvalue weighted by atomic mass is 10.0. The Morgan fingerprint density at radius 3 is 2.64 bits per heavy atom. The van der Waals surface area contributed by atoms with Gasteiger partial charge < -0.3 is 19.9 Å². The van der Waals surface area contributed by atoms with Crippen LogP contribution in [0.25, 0.3) is 0 Å². The number of nitrogens with one attached hydrogen (secondary N) is 1. The molecule has 0 aliphatic carbocycles. The summed E-state index contributed by atoms with van der Waals surface area (Å²) in [4.78, 5) is 0. The van der Waals surface area contributed by atoms with Crippen LogP contribution in [0.5, 0.6) is 0 Å². The van der Waals surface area contributed by atoms with Crippen molar-refractivity contribution in [3.8, 4) is 0 Å². The number of hydrogen-bond donors (Lipinski definition) is 2. The van der Waals surface area contributed by atoms with Crippen molar-refractivity contribution in [2.24, 2.45) is 5.92 Å². The van der Waals surface area contributed by atoms with E-state index < -0.39 is 0 Å². The van der Waals surface area contributed by atoms with Gasteiger partial charge in [0.05, 0.1) is 32.0 Å². The summed E-state index contributed by atoms with van der Waals surface area (Å²) in [6.45, 7) is 5.97. The molecule has 1 aliphatic heterocycles. The molecular weight excluding hydrogens is 182 g/mol. The molecule has 1 aliphatic rings. The van der Waals surface area contributed by atoms with E-state index in [9.17, 15) is 5.11 Å². The first-order chi connectivity index (χ1) is 6.65. The molecule has 2 N–H and O–H groups in total. The summed E-state index contributed by atoms with van der Waals surface area (Å²) in [6, 6.07) is 0.332. The van der Waals surface area contributed by atoms with Crippen molar-refractivity contribution in [3.05, 3.63) is 0 Å². The second-order valence-corrected chi connectivity index (χ2v) is 4.18. The monoisotopic (exact) mass is 203 g/mol. The lowest BCUT2D eigenvalue weighted by Crippen LogP contribution is -2.49.